The zero-order chi connectivity index (χ0) is 18.6. The summed E-state index contributed by atoms with van der Waals surface area (Å²) >= 11 is 0. The molecule has 1 amide bonds. The fourth-order valence-corrected chi connectivity index (χ4v) is 2.11. The van der Waals surface area contributed by atoms with Crippen molar-refractivity contribution in [2.45, 2.75) is 6.18 Å². The van der Waals surface area contributed by atoms with E-state index in [1.807, 2.05) is 30.3 Å². The average molecular weight is 358 g/mol. The van der Waals surface area contributed by atoms with Crippen molar-refractivity contribution in [3.05, 3.63) is 78.1 Å². The smallest absolute Gasteiger partial charge is 0.324 e. The first-order chi connectivity index (χ1) is 12.4. The maximum Gasteiger partial charge on any atom is 0.416 e. The highest BCUT2D eigenvalue weighted by molar-refractivity contribution is 6.03. The lowest BCUT2D eigenvalue weighted by Crippen LogP contribution is -2.13. The third-order valence-electron chi connectivity index (χ3n) is 3.41. The number of aromatic nitrogens is 2. The Labute approximate surface area is 146 Å². The molecule has 2 aromatic carbocycles. The quantitative estimate of drug-likeness (QED) is 0.721. The van der Waals surface area contributed by atoms with Crippen LogP contribution in [0, 0.1) is 0 Å². The van der Waals surface area contributed by atoms with Crippen molar-refractivity contribution in [2.24, 2.45) is 0 Å². The minimum Gasteiger partial charge on any atom is -0.324 e. The maximum absolute atomic E-state index is 12.5. The Hall–Kier alpha value is -3.42. The van der Waals surface area contributed by atoms with Crippen molar-refractivity contribution in [1.29, 1.82) is 0 Å². The molecule has 0 bridgehead atoms. The monoisotopic (exact) mass is 358 g/mol. The molecular formula is C18H13F3N4O. The number of anilines is 3. The molecule has 1 heterocycles. The van der Waals surface area contributed by atoms with Crippen molar-refractivity contribution in [3.8, 4) is 0 Å². The van der Waals surface area contributed by atoms with Gasteiger partial charge in [-0.3, -0.25) is 4.79 Å². The molecule has 5 nitrogen and oxygen atoms in total. The number of nitrogens with zero attached hydrogens (tertiary/aromatic N) is 2. The molecule has 26 heavy (non-hydrogen) atoms. The van der Waals surface area contributed by atoms with Crippen LogP contribution in [0.25, 0.3) is 0 Å². The number of carbonyl (C=O) groups excluding carboxylic acids is 1. The van der Waals surface area contributed by atoms with Crippen LogP contribution in [0.4, 0.5) is 30.5 Å². The number of para-hydroxylation sites is 1. The Morgan fingerprint density at radius 3 is 2.04 bits per heavy atom. The summed E-state index contributed by atoms with van der Waals surface area (Å²) in [5.41, 5.74) is 0.447. The molecule has 0 unspecified atom stereocenters. The van der Waals surface area contributed by atoms with E-state index in [2.05, 4.69) is 20.6 Å². The molecule has 0 spiro atoms. The van der Waals surface area contributed by atoms with E-state index in [0.717, 1.165) is 17.8 Å². The van der Waals surface area contributed by atoms with Crippen LogP contribution in [0.1, 0.15) is 15.9 Å². The molecule has 0 aliphatic rings. The van der Waals surface area contributed by atoms with Crippen LogP contribution < -0.4 is 10.6 Å². The summed E-state index contributed by atoms with van der Waals surface area (Å²) in [6.45, 7) is 0. The third kappa shape index (κ3) is 4.35. The highest BCUT2D eigenvalue weighted by Crippen LogP contribution is 2.29. The number of nitrogens with one attached hydrogen (secondary N) is 2. The number of alkyl halides is 3. The first kappa shape index (κ1) is 17.4. The molecule has 3 rings (SSSR count). The topological polar surface area (TPSA) is 66.9 Å². The van der Waals surface area contributed by atoms with E-state index in [4.69, 9.17) is 0 Å². The first-order valence-electron chi connectivity index (χ1n) is 7.54. The van der Waals surface area contributed by atoms with Gasteiger partial charge < -0.3 is 10.6 Å². The molecule has 2 N–H and O–H groups in total. The fraction of sp³-hybridized carbons (Fsp3) is 0.0556. The van der Waals surface area contributed by atoms with Gasteiger partial charge in [-0.1, -0.05) is 18.2 Å². The van der Waals surface area contributed by atoms with E-state index in [9.17, 15) is 18.0 Å². The lowest BCUT2D eigenvalue weighted by Gasteiger charge is -2.09. The number of hydrogen-bond donors (Lipinski definition) is 2. The van der Waals surface area contributed by atoms with Gasteiger partial charge in [0, 0.05) is 23.8 Å². The highest BCUT2D eigenvalue weighted by Gasteiger charge is 2.30. The molecule has 0 saturated heterocycles. The second-order valence-electron chi connectivity index (χ2n) is 5.32. The lowest BCUT2D eigenvalue weighted by molar-refractivity contribution is -0.137. The summed E-state index contributed by atoms with van der Waals surface area (Å²) < 4.78 is 37.6. The summed E-state index contributed by atoms with van der Waals surface area (Å²) in [6, 6.07) is 13.4. The largest absolute Gasteiger partial charge is 0.416 e. The van der Waals surface area contributed by atoms with Crippen molar-refractivity contribution in [2.75, 3.05) is 10.6 Å². The highest BCUT2D eigenvalue weighted by atomic mass is 19.4. The van der Waals surface area contributed by atoms with Crippen molar-refractivity contribution < 1.29 is 18.0 Å². The predicted octanol–water partition coefficient (Wildman–Crippen LogP) is 4.49. The van der Waals surface area contributed by atoms with Crippen LogP contribution in [0.3, 0.4) is 0 Å². The van der Waals surface area contributed by atoms with Gasteiger partial charge in [0.15, 0.2) is 0 Å². The van der Waals surface area contributed by atoms with E-state index >= 15 is 0 Å². The zero-order valence-corrected chi connectivity index (χ0v) is 13.3. The van der Waals surface area contributed by atoms with Gasteiger partial charge in [0.2, 0.25) is 5.95 Å². The molecule has 0 saturated carbocycles. The Morgan fingerprint density at radius 2 is 1.46 bits per heavy atom. The van der Waals surface area contributed by atoms with Crippen molar-refractivity contribution >= 4 is 23.2 Å². The standard InChI is InChI=1S/C18H13F3N4O/c19-18(20,21)13-6-8-15(9-7-13)24-16(26)12-10-22-17(23-11-12)25-14-4-2-1-3-5-14/h1-11H,(H,24,26)(H,22,23,25). The summed E-state index contributed by atoms with van der Waals surface area (Å²) in [6.07, 6.45) is -1.76. The molecule has 0 fully saturated rings. The fourth-order valence-electron chi connectivity index (χ4n) is 2.11. The molecule has 3 aromatic rings. The molecule has 0 radical (unpaired) electrons. The van der Waals surface area contributed by atoms with Crippen molar-refractivity contribution in [1.82, 2.24) is 9.97 Å². The Balaban J connectivity index is 1.64. The second kappa shape index (κ2) is 7.22. The normalized spacial score (nSPS) is 11.0. The molecule has 0 aliphatic heterocycles. The van der Waals surface area contributed by atoms with Crippen LogP contribution in [0.2, 0.25) is 0 Å². The molecule has 0 atom stereocenters. The zero-order valence-electron chi connectivity index (χ0n) is 13.3. The van der Waals surface area contributed by atoms with Gasteiger partial charge in [0.05, 0.1) is 11.1 Å². The van der Waals surface area contributed by atoms with Gasteiger partial charge >= 0.3 is 6.18 Å². The van der Waals surface area contributed by atoms with Gasteiger partial charge in [-0.05, 0) is 36.4 Å². The molecule has 1 aromatic heterocycles. The first-order valence-corrected chi connectivity index (χ1v) is 7.54. The predicted molar refractivity (Wildman–Crippen MR) is 91.2 cm³/mol. The van der Waals surface area contributed by atoms with E-state index in [1.165, 1.54) is 24.5 Å². The summed E-state index contributed by atoms with van der Waals surface area (Å²) in [5, 5.41) is 5.48. The minimum absolute atomic E-state index is 0.184. The Morgan fingerprint density at radius 1 is 0.846 bits per heavy atom. The average Bonchev–Trinajstić information content (AvgIpc) is 2.63. The van der Waals surface area contributed by atoms with Gasteiger partial charge in [-0.25, -0.2) is 9.97 Å². The van der Waals surface area contributed by atoms with Gasteiger partial charge in [-0.15, -0.1) is 0 Å². The minimum atomic E-state index is -4.42. The number of benzene rings is 2. The number of amides is 1. The van der Waals surface area contributed by atoms with E-state index in [1.54, 1.807) is 0 Å². The summed E-state index contributed by atoms with van der Waals surface area (Å²) in [5.74, 6) is -0.196. The van der Waals surface area contributed by atoms with E-state index in [-0.39, 0.29) is 11.3 Å². The Bertz CT molecular complexity index is 879. The second-order valence-corrected chi connectivity index (χ2v) is 5.32. The van der Waals surface area contributed by atoms with E-state index in [0.29, 0.717) is 5.95 Å². The maximum atomic E-state index is 12.5. The molecule has 8 heteroatoms. The molecule has 0 aliphatic carbocycles. The van der Waals surface area contributed by atoms with Gasteiger partial charge in [0.25, 0.3) is 5.91 Å². The van der Waals surface area contributed by atoms with Crippen molar-refractivity contribution in [3.63, 3.8) is 0 Å². The summed E-state index contributed by atoms with van der Waals surface area (Å²) in [4.78, 5) is 20.2. The Kier molecular flexibility index (Phi) is 4.83. The third-order valence-corrected chi connectivity index (χ3v) is 3.41. The van der Waals surface area contributed by atoms with Crippen LogP contribution >= 0.6 is 0 Å². The summed E-state index contributed by atoms with van der Waals surface area (Å²) in [7, 11) is 0. The SMILES string of the molecule is O=C(Nc1ccc(C(F)(F)F)cc1)c1cnc(Nc2ccccc2)nc1. The van der Waals surface area contributed by atoms with Crippen LogP contribution in [0.15, 0.2) is 67.0 Å². The van der Waals surface area contributed by atoms with Gasteiger partial charge in [0.1, 0.15) is 0 Å². The molecule has 132 valence electrons. The number of halogens is 3. The van der Waals surface area contributed by atoms with Crippen LogP contribution in [-0.2, 0) is 6.18 Å². The number of hydrogen-bond acceptors (Lipinski definition) is 4. The van der Waals surface area contributed by atoms with E-state index < -0.39 is 17.6 Å². The van der Waals surface area contributed by atoms with Crippen LogP contribution in [-0.4, -0.2) is 15.9 Å². The number of rotatable bonds is 4. The molecular weight excluding hydrogens is 345 g/mol. The number of carbonyl (C=O) groups is 1. The van der Waals surface area contributed by atoms with Crippen LogP contribution in [0.5, 0.6) is 0 Å². The lowest BCUT2D eigenvalue weighted by atomic mass is 10.2. The van der Waals surface area contributed by atoms with Gasteiger partial charge in [-0.2, -0.15) is 13.2 Å².